The molecule has 0 saturated carbocycles. The highest BCUT2D eigenvalue weighted by atomic mass is 35.5. The van der Waals surface area contributed by atoms with Gasteiger partial charge >= 0.3 is 5.97 Å². The van der Waals surface area contributed by atoms with E-state index in [1.807, 2.05) is 0 Å². The monoisotopic (exact) mass is 307 g/mol. The van der Waals surface area contributed by atoms with E-state index < -0.39 is 17.9 Å². The van der Waals surface area contributed by atoms with E-state index in [-0.39, 0.29) is 5.02 Å². The van der Waals surface area contributed by atoms with E-state index >= 15 is 0 Å². The van der Waals surface area contributed by atoms with Crippen LogP contribution in [0, 0.1) is 6.92 Å². The molecule has 2 N–H and O–H groups in total. The van der Waals surface area contributed by atoms with E-state index in [1.54, 1.807) is 42.9 Å². The molecular formula is C14H14ClN3O3. The maximum absolute atomic E-state index is 12.2. The molecule has 1 atom stereocenters. The summed E-state index contributed by atoms with van der Waals surface area (Å²) in [5, 5.41) is 16.0. The van der Waals surface area contributed by atoms with Crippen molar-refractivity contribution in [3.63, 3.8) is 0 Å². The van der Waals surface area contributed by atoms with Gasteiger partial charge < -0.3 is 10.4 Å². The largest absolute Gasteiger partial charge is 0.479 e. The van der Waals surface area contributed by atoms with E-state index in [9.17, 15) is 14.7 Å². The molecule has 6 nitrogen and oxygen atoms in total. The summed E-state index contributed by atoms with van der Waals surface area (Å²) in [7, 11) is 1.70. The fourth-order valence-corrected chi connectivity index (χ4v) is 2.16. The summed E-state index contributed by atoms with van der Waals surface area (Å²) < 4.78 is 1.54. The van der Waals surface area contributed by atoms with Crippen molar-refractivity contribution in [2.75, 3.05) is 0 Å². The number of hydrogen-bond donors (Lipinski definition) is 2. The number of carbonyl (C=O) groups excluding carboxylic acids is 1. The molecule has 21 heavy (non-hydrogen) atoms. The third-order valence-electron chi connectivity index (χ3n) is 3.22. The highest BCUT2D eigenvalue weighted by Crippen LogP contribution is 2.23. The highest BCUT2D eigenvalue weighted by molar-refractivity contribution is 6.31. The number of carbonyl (C=O) groups is 2. The molecule has 1 heterocycles. The minimum absolute atomic E-state index is 0.285. The van der Waals surface area contributed by atoms with E-state index in [0.717, 1.165) is 0 Å². The number of aliphatic carboxylic acids is 1. The Balaban J connectivity index is 2.30. The molecule has 0 unspecified atom stereocenters. The predicted octanol–water partition coefficient (Wildman–Crippen LogP) is 1.94. The van der Waals surface area contributed by atoms with Gasteiger partial charge in [0, 0.05) is 23.3 Å². The predicted molar refractivity (Wildman–Crippen MR) is 77.2 cm³/mol. The van der Waals surface area contributed by atoms with Gasteiger partial charge in [0.25, 0.3) is 5.91 Å². The third kappa shape index (κ3) is 3.05. The Labute approximate surface area is 126 Å². The Morgan fingerprint density at radius 1 is 1.38 bits per heavy atom. The topological polar surface area (TPSA) is 84.2 Å². The Kier molecular flexibility index (Phi) is 4.28. The van der Waals surface area contributed by atoms with Crippen molar-refractivity contribution in [3.05, 3.63) is 52.3 Å². The maximum atomic E-state index is 12.2. The van der Waals surface area contributed by atoms with Crippen LogP contribution in [0.1, 0.15) is 27.7 Å². The van der Waals surface area contributed by atoms with Gasteiger partial charge in [0.05, 0.1) is 11.8 Å². The SMILES string of the molecule is Cc1c(C(=O)N[C@@H](C(=O)O)c2ccccc2Cl)cnn1C. The number of hydrogen-bond acceptors (Lipinski definition) is 3. The fourth-order valence-electron chi connectivity index (χ4n) is 1.91. The smallest absolute Gasteiger partial charge is 0.330 e. The average Bonchev–Trinajstić information content (AvgIpc) is 2.77. The molecule has 0 aliphatic heterocycles. The zero-order chi connectivity index (χ0) is 15.6. The first-order chi connectivity index (χ1) is 9.91. The first kappa shape index (κ1) is 15.1. The van der Waals surface area contributed by atoms with Gasteiger partial charge in [-0.1, -0.05) is 29.8 Å². The third-order valence-corrected chi connectivity index (χ3v) is 3.56. The van der Waals surface area contributed by atoms with E-state index in [0.29, 0.717) is 16.8 Å². The quantitative estimate of drug-likeness (QED) is 0.904. The molecular weight excluding hydrogens is 294 g/mol. The molecule has 2 rings (SSSR count). The number of amides is 1. The molecule has 0 aliphatic carbocycles. The molecule has 0 bridgehead atoms. The molecule has 110 valence electrons. The summed E-state index contributed by atoms with van der Waals surface area (Å²) in [5.74, 6) is -1.69. The molecule has 1 aromatic carbocycles. The zero-order valence-corrected chi connectivity index (χ0v) is 12.3. The second kappa shape index (κ2) is 5.97. The minimum atomic E-state index is -1.22. The first-order valence-electron chi connectivity index (χ1n) is 6.18. The van der Waals surface area contributed by atoms with Crippen LogP contribution in [0.3, 0.4) is 0 Å². The molecule has 1 aromatic heterocycles. The molecule has 0 aliphatic rings. The number of carboxylic acid groups (broad SMARTS) is 1. The minimum Gasteiger partial charge on any atom is -0.479 e. The van der Waals surface area contributed by atoms with Crippen molar-refractivity contribution < 1.29 is 14.7 Å². The Morgan fingerprint density at radius 2 is 2.05 bits per heavy atom. The second-order valence-corrected chi connectivity index (χ2v) is 4.94. The molecule has 0 radical (unpaired) electrons. The number of carboxylic acids is 1. The van der Waals surface area contributed by atoms with Crippen LogP contribution >= 0.6 is 11.6 Å². The van der Waals surface area contributed by atoms with Crippen LogP contribution in [0.4, 0.5) is 0 Å². The lowest BCUT2D eigenvalue weighted by atomic mass is 10.1. The van der Waals surface area contributed by atoms with Crippen LogP contribution < -0.4 is 5.32 Å². The van der Waals surface area contributed by atoms with Crippen molar-refractivity contribution in [3.8, 4) is 0 Å². The Bertz CT molecular complexity index is 697. The van der Waals surface area contributed by atoms with Gasteiger partial charge in [-0.05, 0) is 13.0 Å². The molecule has 2 aromatic rings. The second-order valence-electron chi connectivity index (χ2n) is 4.53. The number of rotatable bonds is 4. The Morgan fingerprint density at radius 3 is 2.57 bits per heavy atom. The number of halogens is 1. The van der Waals surface area contributed by atoms with Crippen molar-refractivity contribution in [2.45, 2.75) is 13.0 Å². The summed E-state index contributed by atoms with van der Waals surface area (Å²) in [6.07, 6.45) is 1.40. The summed E-state index contributed by atoms with van der Waals surface area (Å²) >= 11 is 6.00. The van der Waals surface area contributed by atoms with Crippen LogP contribution in [0.25, 0.3) is 0 Å². The van der Waals surface area contributed by atoms with E-state index in [4.69, 9.17) is 11.6 Å². The Hall–Kier alpha value is -2.34. The summed E-state index contributed by atoms with van der Waals surface area (Å²) in [4.78, 5) is 23.6. The summed E-state index contributed by atoms with van der Waals surface area (Å²) in [6, 6.07) is 5.29. The van der Waals surface area contributed by atoms with Crippen molar-refractivity contribution in [2.24, 2.45) is 7.05 Å². The lowest BCUT2D eigenvalue weighted by molar-refractivity contribution is -0.139. The average molecular weight is 308 g/mol. The van der Waals surface area contributed by atoms with Crippen LogP contribution in [0.15, 0.2) is 30.5 Å². The number of nitrogens with zero attached hydrogens (tertiary/aromatic N) is 2. The van der Waals surface area contributed by atoms with Gasteiger partial charge in [0.15, 0.2) is 6.04 Å². The van der Waals surface area contributed by atoms with Crippen LogP contribution in [-0.2, 0) is 11.8 Å². The molecule has 0 spiro atoms. The highest BCUT2D eigenvalue weighted by Gasteiger charge is 2.25. The summed E-state index contributed by atoms with van der Waals surface area (Å²) in [5.41, 5.74) is 1.31. The van der Waals surface area contributed by atoms with E-state index in [2.05, 4.69) is 10.4 Å². The molecule has 0 fully saturated rings. The summed E-state index contributed by atoms with van der Waals surface area (Å²) in [6.45, 7) is 1.73. The standard InChI is InChI=1S/C14H14ClN3O3/c1-8-10(7-16-18(8)2)13(19)17-12(14(20)21)9-5-3-4-6-11(9)15/h3-7,12H,1-2H3,(H,17,19)(H,20,21)/t12-/m1/s1. The van der Waals surface area contributed by atoms with Gasteiger partial charge in [0.1, 0.15) is 0 Å². The van der Waals surface area contributed by atoms with Crippen LogP contribution in [0.5, 0.6) is 0 Å². The number of benzene rings is 1. The molecule has 0 saturated heterocycles. The van der Waals surface area contributed by atoms with Crippen LogP contribution in [-0.4, -0.2) is 26.8 Å². The number of aromatic nitrogens is 2. The van der Waals surface area contributed by atoms with Crippen molar-refractivity contribution in [1.29, 1.82) is 0 Å². The zero-order valence-electron chi connectivity index (χ0n) is 11.5. The molecule has 1 amide bonds. The number of aryl methyl sites for hydroxylation is 1. The first-order valence-corrected chi connectivity index (χ1v) is 6.56. The van der Waals surface area contributed by atoms with Gasteiger partial charge in [-0.25, -0.2) is 4.79 Å². The number of nitrogens with one attached hydrogen (secondary N) is 1. The molecule has 7 heteroatoms. The lowest BCUT2D eigenvalue weighted by Crippen LogP contribution is -2.34. The van der Waals surface area contributed by atoms with Gasteiger partial charge in [-0.3, -0.25) is 9.48 Å². The lowest BCUT2D eigenvalue weighted by Gasteiger charge is -2.16. The maximum Gasteiger partial charge on any atom is 0.330 e. The van der Waals surface area contributed by atoms with Gasteiger partial charge in [-0.15, -0.1) is 0 Å². The van der Waals surface area contributed by atoms with Crippen LogP contribution in [0.2, 0.25) is 5.02 Å². The normalized spacial score (nSPS) is 12.0. The van der Waals surface area contributed by atoms with Gasteiger partial charge in [0.2, 0.25) is 0 Å². The fraction of sp³-hybridized carbons (Fsp3) is 0.214. The van der Waals surface area contributed by atoms with Gasteiger partial charge in [-0.2, -0.15) is 5.10 Å². The van der Waals surface area contributed by atoms with Crippen molar-refractivity contribution >= 4 is 23.5 Å². The van der Waals surface area contributed by atoms with E-state index in [1.165, 1.54) is 6.20 Å². The van der Waals surface area contributed by atoms with Crippen molar-refractivity contribution in [1.82, 2.24) is 15.1 Å².